The van der Waals surface area contributed by atoms with Crippen LogP contribution in [0.5, 0.6) is 0 Å². The first-order valence-corrected chi connectivity index (χ1v) is 8.19. The summed E-state index contributed by atoms with van der Waals surface area (Å²) in [5.74, 6) is 0.389. The largest absolute Gasteiger partial charge is 0.393 e. The summed E-state index contributed by atoms with van der Waals surface area (Å²) in [7, 11) is 2.07. The highest BCUT2D eigenvalue weighted by Crippen LogP contribution is 2.29. The second-order valence-corrected chi connectivity index (χ2v) is 6.54. The summed E-state index contributed by atoms with van der Waals surface area (Å²) >= 11 is 0. The molecule has 1 aliphatic carbocycles. The second-order valence-electron chi connectivity index (χ2n) is 6.54. The number of carbonyl (C=O) groups excluding carboxylic acids is 1. The SMILES string of the molecule is CN1CCc2ccc(NC(=O)NCC3CCCC(O)C3)cc21. The van der Waals surface area contributed by atoms with Crippen LogP contribution in [0.1, 0.15) is 31.2 Å². The number of hydrogen-bond donors (Lipinski definition) is 3. The Bertz CT molecular complexity index is 547. The van der Waals surface area contributed by atoms with Gasteiger partial charge in [-0.2, -0.15) is 0 Å². The highest BCUT2D eigenvalue weighted by Gasteiger charge is 2.21. The fraction of sp³-hybridized carbons (Fsp3) is 0.588. The topological polar surface area (TPSA) is 64.6 Å². The molecule has 0 aromatic heterocycles. The van der Waals surface area contributed by atoms with Crippen LogP contribution in [0.2, 0.25) is 0 Å². The Hall–Kier alpha value is -1.75. The van der Waals surface area contributed by atoms with Crippen LogP contribution in [-0.2, 0) is 6.42 Å². The quantitative estimate of drug-likeness (QED) is 0.803. The van der Waals surface area contributed by atoms with Crippen molar-refractivity contribution in [3.63, 3.8) is 0 Å². The number of urea groups is 1. The molecule has 0 radical (unpaired) electrons. The summed E-state index contributed by atoms with van der Waals surface area (Å²) < 4.78 is 0. The minimum atomic E-state index is -0.198. The van der Waals surface area contributed by atoms with E-state index in [1.165, 1.54) is 11.3 Å². The van der Waals surface area contributed by atoms with Gasteiger partial charge < -0.3 is 20.6 Å². The molecule has 1 aromatic rings. The number of fused-ring (bicyclic) bond motifs is 1. The molecule has 2 atom stereocenters. The number of nitrogens with zero attached hydrogens (tertiary/aromatic N) is 1. The summed E-state index contributed by atoms with van der Waals surface area (Å²) in [5.41, 5.74) is 3.37. The molecule has 2 unspecified atom stereocenters. The van der Waals surface area contributed by atoms with Gasteiger partial charge in [-0.1, -0.05) is 12.5 Å². The van der Waals surface area contributed by atoms with Crippen LogP contribution in [0.3, 0.4) is 0 Å². The number of likely N-dealkylation sites (N-methyl/N-ethyl adjacent to an activating group) is 1. The lowest BCUT2D eigenvalue weighted by Crippen LogP contribution is -2.35. The van der Waals surface area contributed by atoms with Gasteiger partial charge in [-0.25, -0.2) is 4.79 Å². The smallest absolute Gasteiger partial charge is 0.319 e. The number of amides is 2. The normalized spacial score (nSPS) is 24.0. The standard InChI is InChI=1S/C17H25N3O2/c1-20-8-7-13-5-6-14(10-16(13)20)19-17(22)18-11-12-3-2-4-15(21)9-12/h5-6,10,12,15,21H,2-4,7-9,11H2,1H3,(H2,18,19,22). The molecule has 1 heterocycles. The molecule has 22 heavy (non-hydrogen) atoms. The van der Waals surface area contributed by atoms with E-state index in [4.69, 9.17) is 0 Å². The number of anilines is 2. The summed E-state index contributed by atoms with van der Waals surface area (Å²) in [6.07, 6.45) is 4.70. The number of carbonyl (C=O) groups is 1. The van der Waals surface area contributed by atoms with E-state index in [2.05, 4.69) is 28.6 Å². The fourth-order valence-corrected chi connectivity index (χ4v) is 3.48. The molecule has 0 spiro atoms. The van der Waals surface area contributed by atoms with E-state index in [1.807, 2.05) is 12.1 Å². The van der Waals surface area contributed by atoms with Crippen molar-refractivity contribution >= 4 is 17.4 Å². The van der Waals surface area contributed by atoms with Gasteiger partial charge >= 0.3 is 6.03 Å². The zero-order valence-electron chi connectivity index (χ0n) is 13.1. The molecule has 120 valence electrons. The van der Waals surface area contributed by atoms with E-state index in [9.17, 15) is 9.90 Å². The first-order chi connectivity index (χ1) is 10.6. The Morgan fingerprint density at radius 2 is 2.27 bits per heavy atom. The van der Waals surface area contributed by atoms with E-state index in [0.29, 0.717) is 12.5 Å². The van der Waals surface area contributed by atoms with E-state index in [1.54, 1.807) is 0 Å². The lowest BCUT2D eigenvalue weighted by molar-refractivity contribution is 0.101. The molecule has 5 nitrogen and oxygen atoms in total. The van der Waals surface area contributed by atoms with Gasteiger partial charge in [0.25, 0.3) is 0 Å². The lowest BCUT2D eigenvalue weighted by Gasteiger charge is -2.25. The van der Waals surface area contributed by atoms with Crippen LogP contribution in [-0.4, -0.2) is 37.4 Å². The minimum absolute atomic E-state index is 0.166. The van der Waals surface area contributed by atoms with Gasteiger partial charge in [-0.15, -0.1) is 0 Å². The van der Waals surface area contributed by atoms with Crippen LogP contribution in [0.25, 0.3) is 0 Å². The number of aliphatic hydroxyl groups excluding tert-OH is 1. The van der Waals surface area contributed by atoms with Crippen LogP contribution < -0.4 is 15.5 Å². The Morgan fingerprint density at radius 3 is 3.09 bits per heavy atom. The molecule has 1 aromatic carbocycles. The Balaban J connectivity index is 1.50. The van der Waals surface area contributed by atoms with Crippen molar-refractivity contribution in [2.24, 2.45) is 5.92 Å². The van der Waals surface area contributed by atoms with E-state index >= 15 is 0 Å². The highest BCUT2D eigenvalue weighted by atomic mass is 16.3. The zero-order chi connectivity index (χ0) is 15.5. The van der Waals surface area contributed by atoms with Gasteiger partial charge in [0.05, 0.1) is 6.10 Å². The monoisotopic (exact) mass is 303 g/mol. The van der Waals surface area contributed by atoms with E-state index in [-0.39, 0.29) is 12.1 Å². The van der Waals surface area contributed by atoms with E-state index < -0.39 is 0 Å². The molecule has 0 saturated heterocycles. The van der Waals surface area contributed by atoms with Crippen molar-refractivity contribution in [3.05, 3.63) is 23.8 Å². The van der Waals surface area contributed by atoms with Gasteiger partial charge in [0.15, 0.2) is 0 Å². The van der Waals surface area contributed by atoms with Crippen LogP contribution >= 0.6 is 0 Å². The molecule has 5 heteroatoms. The molecule has 3 N–H and O–H groups in total. The maximum atomic E-state index is 12.0. The molecule has 0 bridgehead atoms. The first-order valence-electron chi connectivity index (χ1n) is 8.19. The molecular formula is C17H25N3O2. The van der Waals surface area contributed by atoms with E-state index in [0.717, 1.165) is 44.3 Å². The highest BCUT2D eigenvalue weighted by molar-refractivity contribution is 5.90. The maximum Gasteiger partial charge on any atom is 0.319 e. The van der Waals surface area contributed by atoms with Gasteiger partial charge in [0.2, 0.25) is 0 Å². The number of aliphatic hydroxyl groups is 1. The van der Waals surface area contributed by atoms with Crippen molar-refractivity contribution in [1.29, 1.82) is 0 Å². The number of rotatable bonds is 3. The lowest BCUT2D eigenvalue weighted by atomic mass is 9.87. The fourth-order valence-electron chi connectivity index (χ4n) is 3.48. The average molecular weight is 303 g/mol. The maximum absolute atomic E-state index is 12.0. The molecule has 2 aliphatic rings. The van der Waals surface area contributed by atoms with Gasteiger partial charge in [0, 0.05) is 31.5 Å². The molecule has 2 amide bonds. The van der Waals surface area contributed by atoms with Crippen molar-refractivity contribution in [3.8, 4) is 0 Å². The van der Waals surface area contributed by atoms with Crippen LogP contribution in [0.15, 0.2) is 18.2 Å². The Kier molecular flexibility index (Phi) is 4.52. The molecule has 1 fully saturated rings. The predicted molar refractivity (Wildman–Crippen MR) is 88.4 cm³/mol. The molecule has 1 saturated carbocycles. The van der Waals surface area contributed by atoms with Crippen molar-refractivity contribution in [2.75, 3.05) is 30.4 Å². The van der Waals surface area contributed by atoms with Crippen molar-refractivity contribution in [1.82, 2.24) is 5.32 Å². The molecular weight excluding hydrogens is 278 g/mol. The molecule has 3 rings (SSSR count). The first kappa shape index (κ1) is 15.2. The Labute approximate surface area is 131 Å². The predicted octanol–water partition coefficient (Wildman–Crippen LogP) is 2.35. The third-order valence-electron chi connectivity index (χ3n) is 4.78. The summed E-state index contributed by atoms with van der Waals surface area (Å²) in [4.78, 5) is 14.2. The second kappa shape index (κ2) is 6.57. The van der Waals surface area contributed by atoms with Crippen molar-refractivity contribution < 1.29 is 9.90 Å². The zero-order valence-corrected chi connectivity index (χ0v) is 13.1. The average Bonchev–Trinajstić information content (AvgIpc) is 2.87. The summed E-state index contributed by atoms with van der Waals surface area (Å²) in [6, 6.07) is 5.92. The van der Waals surface area contributed by atoms with Gasteiger partial charge in [-0.3, -0.25) is 0 Å². The minimum Gasteiger partial charge on any atom is -0.393 e. The Morgan fingerprint density at radius 1 is 1.41 bits per heavy atom. The van der Waals surface area contributed by atoms with Crippen molar-refractivity contribution in [2.45, 2.75) is 38.2 Å². The number of hydrogen-bond acceptors (Lipinski definition) is 3. The molecule has 1 aliphatic heterocycles. The van der Waals surface area contributed by atoms with Crippen LogP contribution in [0.4, 0.5) is 16.2 Å². The summed E-state index contributed by atoms with van der Waals surface area (Å²) in [6.45, 7) is 1.67. The third kappa shape index (κ3) is 3.53. The van der Waals surface area contributed by atoms with Gasteiger partial charge in [0.1, 0.15) is 0 Å². The summed E-state index contributed by atoms with van der Waals surface area (Å²) in [5, 5.41) is 15.5. The number of nitrogens with one attached hydrogen (secondary N) is 2. The van der Waals surface area contributed by atoms with Gasteiger partial charge in [-0.05, 0) is 49.3 Å². The van der Waals surface area contributed by atoms with Crippen LogP contribution in [0, 0.1) is 5.92 Å². The third-order valence-corrected chi connectivity index (χ3v) is 4.78. The number of benzene rings is 1.